The van der Waals surface area contributed by atoms with Crippen molar-refractivity contribution in [3.05, 3.63) is 48.0 Å². The fourth-order valence-corrected chi connectivity index (χ4v) is 4.66. The van der Waals surface area contributed by atoms with E-state index >= 15 is 0 Å². The summed E-state index contributed by atoms with van der Waals surface area (Å²) in [6.45, 7) is 2.98. The third kappa shape index (κ3) is 2.60. The molecule has 2 aliphatic heterocycles. The van der Waals surface area contributed by atoms with E-state index in [-0.39, 0.29) is 27.4 Å². The summed E-state index contributed by atoms with van der Waals surface area (Å²) in [5, 5.41) is 21.3. The minimum Gasteiger partial charge on any atom is -0.454 e. The Morgan fingerprint density at radius 2 is 1.75 bits per heavy atom. The summed E-state index contributed by atoms with van der Waals surface area (Å²) >= 11 is 0. The topological polar surface area (TPSA) is 117 Å². The van der Waals surface area contributed by atoms with Crippen molar-refractivity contribution in [1.82, 2.24) is 4.31 Å². The molecular formula is C18H18N2O7S. The molecular weight excluding hydrogens is 388 g/mol. The number of rotatable bonds is 3. The second-order valence-corrected chi connectivity index (χ2v) is 8.55. The SMILES string of the molecule is Cc1ccc(N2C(=O)N(S(=O)(=O)c3ccc4c(c3)OCO4)C(O)C2(C)O)cc1. The van der Waals surface area contributed by atoms with Gasteiger partial charge in [0.1, 0.15) is 0 Å². The van der Waals surface area contributed by atoms with Gasteiger partial charge in [-0.1, -0.05) is 17.7 Å². The van der Waals surface area contributed by atoms with E-state index in [4.69, 9.17) is 9.47 Å². The molecule has 0 saturated carbocycles. The Bertz CT molecular complexity index is 1050. The van der Waals surface area contributed by atoms with Crippen LogP contribution in [0, 0.1) is 6.92 Å². The molecule has 148 valence electrons. The van der Waals surface area contributed by atoms with Crippen LogP contribution in [0.15, 0.2) is 47.4 Å². The first-order valence-electron chi connectivity index (χ1n) is 8.39. The second-order valence-electron chi connectivity index (χ2n) is 6.74. The molecule has 2 amide bonds. The normalized spacial score (nSPS) is 24.1. The first-order valence-corrected chi connectivity index (χ1v) is 9.83. The van der Waals surface area contributed by atoms with Gasteiger partial charge in [-0.05, 0) is 38.1 Å². The third-order valence-corrected chi connectivity index (χ3v) is 6.46. The van der Waals surface area contributed by atoms with E-state index in [0.717, 1.165) is 10.5 Å². The zero-order valence-electron chi connectivity index (χ0n) is 15.1. The fourth-order valence-electron chi connectivity index (χ4n) is 3.19. The molecule has 2 aliphatic rings. The standard InChI is InChI=1S/C18H18N2O7S/c1-11-3-5-12(6-4-11)19-17(22)20(16(21)18(19,2)23)28(24,25)13-7-8-14-15(9-13)27-10-26-14/h3-9,16,21,23H,10H2,1-2H3. The van der Waals surface area contributed by atoms with Gasteiger partial charge in [-0.25, -0.2) is 13.2 Å². The number of benzene rings is 2. The maximum absolute atomic E-state index is 13.1. The predicted octanol–water partition coefficient (Wildman–Crippen LogP) is 1.38. The van der Waals surface area contributed by atoms with Gasteiger partial charge >= 0.3 is 6.03 Å². The van der Waals surface area contributed by atoms with Gasteiger partial charge in [0.15, 0.2) is 23.5 Å². The zero-order chi connectivity index (χ0) is 20.3. The lowest BCUT2D eigenvalue weighted by Gasteiger charge is -2.30. The number of urea groups is 1. The third-order valence-electron chi connectivity index (χ3n) is 4.74. The van der Waals surface area contributed by atoms with Crippen LogP contribution in [0.1, 0.15) is 12.5 Å². The Kier molecular flexibility index (Phi) is 4.03. The Labute approximate surface area is 161 Å². The molecule has 28 heavy (non-hydrogen) atoms. The first kappa shape index (κ1) is 18.5. The van der Waals surface area contributed by atoms with Gasteiger partial charge in [-0.15, -0.1) is 0 Å². The summed E-state index contributed by atoms with van der Waals surface area (Å²) in [5.41, 5.74) is -1.00. The molecule has 0 aliphatic carbocycles. The largest absolute Gasteiger partial charge is 0.454 e. The van der Waals surface area contributed by atoms with E-state index < -0.39 is 28.0 Å². The Morgan fingerprint density at radius 1 is 1.11 bits per heavy atom. The number of hydrogen-bond acceptors (Lipinski definition) is 7. The second kappa shape index (κ2) is 6.09. The Hall–Kier alpha value is -2.82. The summed E-state index contributed by atoms with van der Waals surface area (Å²) in [6, 6.07) is 9.32. The lowest BCUT2D eigenvalue weighted by atomic mass is 10.1. The highest BCUT2D eigenvalue weighted by Gasteiger charge is 2.58. The van der Waals surface area contributed by atoms with E-state index in [1.807, 2.05) is 6.92 Å². The van der Waals surface area contributed by atoms with Crippen molar-refractivity contribution in [2.75, 3.05) is 11.7 Å². The van der Waals surface area contributed by atoms with Gasteiger partial charge in [0.2, 0.25) is 6.79 Å². The number of carbonyl (C=O) groups is 1. The van der Waals surface area contributed by atoms with Crippen LogP contribution in [0.5, 0.6) is 11.5 Å². The zero-order valence-corrected chi connectivity index (χ0v) is 15.9. The summed E-state index contributed by atoms with van der Waals surface area (Å²) in [7, 11) is -4.48. The molecule has 4 rings (SSSR count). The number of ether oxygens (including phenoxy) is 2. The van der Waals surface area contributed by atoms with Crippen LogP contribution < -0.4 is 14.4 Å². The van der Waals surface area contributed by atoms with Gasteiger partial charge in [0.05, 0.1) is 4.90 Å². The minimum atomic E-state index is -4.48. The Balaban J connectivity index is 1.77. The Morgan fingerprint density at radius 3 is 2.43 bits per heavy atom. The van der Waals surface area contributed by atoms with Crippen molar-refractivity contribution in [3.8, 4) is 11.5 Å². The van der Waals surface area contributed by atoms with Crippen molar-refractivity contribution in [2.24, 2.45) is 0 Å². The van der Waals surface area contributed by atoms with Gasteiger partial charge in [-0.3, -0.25) is 4.90 Å². The van der Waals surface area contributed by atoms with Crippen molar-refractivity contribution in [2.45, 2.75) is 30.7 Å². The molecule has 0 spiro atoms. The molecule has 1 saturated heterocycles. The molecule has 2 heterocycles. The van der Waals surface area contributed by atoms with Crippen LogP contribution in [0.2, 0.25) is 0 Å². The van der Waals surface area contributed by atoms with Crippen LogP contribution in [0.25, 0.3) is 0 Å². The first-order chi connectivity index (χ1) is 13.1. The smallest absolute Gasteiger partial charge is 0.343 e. The maximum Gasteiger partial charge on any atom is 0.343 e. The van der Waals surface area contributed by atoms with E-state index in [9.17, 15) is 23.4 Å². The highest BCUT2D eigenvalue weighted by atomic mass is 32.2. The van der Waals surface area contributed by atoms with Crippen molar-refractivity contribution in [3.63, 3.8) is 0 Å². The highest BCUT2D eigenvalue weighted by molar-refractivity contribution is 7.89. The number of sulfonamides is 1. The summed E-state index contributed by atoms with van der Waals surface area (Å²) in [4.78, 5) is 13.5. The fraction of sp³-hybridized carbons (Fsp3) is 0.278. The number of aryl methyl sites for hydroxylation is 1. The van der Waals surface area contributed by atoms with Crippen LogP contribution in [-0.2, 0) is 10.0 Å². The summed E-state index contributed by atoms with van der Waals surface area (Å²) < 4.78 is 36.8. The number of nitrogens with zero attached hydrogens (tertiary/aromatic N) is 2. The van der Waals surface area contributed by atoms with Crippen LogP contribution in [0.3, 0.4) is 0 Å². The molecule has 2 aromatic carbocycles. The van der Waals surface area contributed by atoms with Crippen LogP contribution in [0.4, 0.5) is 10.5 Å². The summed E-state index contributed by atoms with van der Waals surface area (Å²) in [5.74, 6) is 0.588. The monoisotopic (exact) mass is 406 g/mol. The molecule has 9 nitrogen and oxygen atoms in total. The van der Waals surface area contributed by atoms with Crippen LogP contribution in [-0.4, -0.2) is 47.7 Å². The van der Waals surface area contributed by atoms with Gasteiger partial charge in [-0.2, -0.15) is 4.31 Å². The maximum atomic E-state index is 13.1. The molecule has 0 bridgehead atoms. The van der Waals surface area contributed by atoms with E-state index in [2.05, 4.69) is 0 Å². The summed E-state index contributed by atoms with van der Waals surface area (Å²) in [6.07, 6.45) is -2.02. The molecule has 1 fully saturated rings. The van der Waals surface area contributed by atoms with Gasteiger partial charge in [0.25, 0.3) is 10.0 Å². The van der Waals surface area contributed by atoms with E-state index in [1.165, 1.54) is 25.1 Å². The van der Waals surface area contributed by atoms with Crippen molar-refractivity contribution < 1.29 is 32.9 Å². The predicted molar refractivity (Wildman–Crippen MR) is 97.3 cm³/mol. The molecule has 2 unspecified atom stereocenters. The number of aliphatic hydroxyl groups excluding tert-OH is 1. The molecule has 2 aromatic rings. The molecule has 10 heteroatoms. The number of amides is 2. The molecule has 2 atom stereocenters. The number of anilines is 1. The minimum absolute atomic E-state index is 0.0416. The number of aliphatic hydroxyl groups is 2. The lowest BCUT2D eigenvalue weighted by molar-refractivity contribution is -0.0689. The van der Waals surface area contributed by atoms with Crippen molar-refractivity contribution in [1.29, 1.82) is 0 Å². The average Bonchev–Trinajstić information content (AvgIpc) is 3.17. The van der Waals surface area contributed by atoms with Crippen molar-refractivity contribution >= 4 is 21.7 Å². The molecule has 0 aromatic heterocycles. The highest BCUT2D eigenvalue weighted by Crippen LogP contribution is 2.40. The average molecular weight is 406 g/mol. The van der Waals surface area contributed by atoms with Gasteiger partial charge < -0.3 is 19.7 Å². The molecule has 0 radical (unpaired) electrons. The molecule has 2 N–H and O–H groups in total. The van der Waals surface area contributed by atoms with E-state index in [1.54, 1.807) is 24.3 Å². The quantitative estimate of drug-likeness (QED) is 0.791. The number of carbonyl (C=O) groups excluding carboxylic acids is 1. The number of hydrogen-bond donors (Lipinski definition) is 2. The van der Waals surface area contributed by atoms with Gasteiger partial charge in [0, 0.05) is 11.8 Å². The number of fused-ring (bicyclic) bond motifs is 1. The van der Waals surface area contributed by atoms with E-state index in [0.29, 0.717) is 5.75 Å². The van der Waals surface area contributed by atoms with Crippen LogP contribution >= 0.6 is 0 Å². The lowest BCUT2D eigenvalue weighted by Crippen LogP contribution is -2.50.